The molecule has 1 aromatic carbocycles. The van der Waals surface area contributed by atoms with Gasteiger partial charge in [-0.15, -0.1) is 0 Å². The van der Waals surface area contributed by atoms with Crippen molar-refractivity contribution in [2.75, 3.05) is 11.4 Å². The molecule has 3 rings (SSSR count). The summed E-state index contributed by atoms with van der Waals surface area (Å²) in [7, 11) is 0. The van der Waals surface area contributed by atoms with Gasteiger partial charge in [0.2, 0.25) is 0 Å². The van der Waals surface area contributed by atoms with Gasteiger partial charge in [-0.25, -0.2) is 0 Å². The Balaban J connectivity index is 2.17. The van der Waals surface area contributed by atoms with Crippen LogP contribution in [0.25, 0.3) is 0 Å². The second-order valence-corrected chi connectivity index (χ2v) is 3.08. The molecule has 0 spiro atoms. The minimum Gasteiger partial charge on any atom is -0.342 e. The molecule has 56 valence electrons. The van der Waals surface area contributed by atoms with Crippen LogP contribution in [-0.4, -0.2) is 11.8 Å². The Labute approximate surface area is 64.2 Å². The maximum Gasteiger partial charge on any atom is 0.159 e. The lowest BCUT2D eigenvalue weighted by atomic mass is 10.0. The number of nitrogens with zero attached hydrogens (tertiary/aromatic N) is 1. The van der Waals surface area contributed by atoms with E-state index in [4.69, 9.17) is 5.21 Å². The molecule has 1 aromatic rings. The van der Waals surface area contributed by atoms with Crippen molar-refractivity contribution in [1.82, 2.24) is 5.48 Å². The summed E-state index contributed by atoms with van der Waals surface area (Å²) in [6.45, 7) is 0.906. The molecule has 0 aliphatic carbocycles. The van der Waals surface area contributed by atoms with Gasteiger partial charge in [-0.1, -0.05) is 18.2 Å². The first kappa shape index (κ1) is 5.57. The molecule has 2 heterocycles. The molecular weight excluding hydrogens is 140 g/mol. The minimum absolute atomic E-state index is 0.198. The maximum absolute atomic E-state index is 8.84. The lowest BCUT2D eigenvalue weighted by Crippen LogP contribution is -2.38. The highest BCUT2D eigenvalue weighted by molar-refractivity contribution is 5.77. The first-order valence-corrected chi connectivity index (χ1v) is 3.67. The van der Waals surface area contributed by atoms with Gasteiger partial charge >= 0.3 is 0 Å². The number of hydroxylamine groups is 1. The SMILES string of the molecule is ONC12CN1c1ccccc12. The van der Waals surface area contributed by atoms with Gasteiger partial charge in [0.25, 0.3) is 0 Å². The normalized spacial score (nSPS) is 30.5. The predicted octanol–water partition coefficient (Wildman–Crippen LogP) is 0.652. The number of nitrogens with one attached hydrogen (secondary N) is 1. The van der Waals surface area contributed by atoms with Crippen molar-refractivity contribution in [2.45, 2.75) is 5.66 Å². The van der Waals surface area contributed by atoms with Crippen LogP contribution in [0.5, 0.6) is 0 Å². The van der Waals surface area contributed by atoms with E-state index in [0.29, 0.717) is 0 Å². The van der Waals surface area contributed by atoms with Crippen LogP contribution in [0.1, 0.15) is 5.56 Å². The molecule has 0 amide bonds. The van der Waals surface area contributed by atoms with Crippen LogP contribution >= 0.6 is 0 Å². The van der Waals surface area contributed by atoms with Gasteiger partial charge in [0.05, 0.1) is 6.54 Å². The van der Waals surface area contributed by atoms with Crippen molar-refractivity contribution in [3.8, 4) is 0 Å². The fraction of sp³-hybridized carbons (Fsp3) is 0.250. The van der Waals surface area contributed by atoms with Crippen LogP contribution in [0.3, 0.4) is 0 Å². The van der Waals surface area contributed by atoms with Crippen molar-refractivity contribution in [2.24, 2.45) is 0 Å². The third-order valence-electron chi connectivity index (χ3n) is 2.57. The number of rotatable bonds is 1. The zero-order valence-corrected chi connectivity index (χ0v) is 5.91. The topological polar surface area (TPSA) is 35.3 Å². The molecule has 2 aliphatic heterocycles. The Bertz CT molecular complexity index is 326. The standard InChI is InChI=1S/C8H8N2O/c11-9-8-5-10(8)7-4-2-1-3-6(7)8/h1-4,9,11H,5H2. The van der Waals surface area contributed by atoms with E-state index in [1.165, 1.54) is 11.3 Å². The molecule has 0 aromatic heterocycles. The highest BCUT2D eigenvalue weighted by atomic mass is 16.5. The Morgan fingerprint density at radius 1 is 1.45 bits per heavy atom. The van der Waals surface area contributed by atoms with E-state index in [2.05, 4.69) is 16.4 Å². The van der Waals surface area contributed by atoms with E-state index in [-0.39, 0.29) is 5.66 Å². The Morgan fingerprint density at radius 3 is 3.09 bits per heavy atom. The van der Waals surface area contributed by atoms with Crippen LogP contribution in [0.15, 0.2) is 24.3 Å². The molecule has 3 nitrogen and oxygen atoms in total. The average molecular weight is 148 g/mol. The Hall–Kier alpha value is -1.06. The van der Waals surface area contributed by atoms with Crippen molar-refractivity contribution < 1.29 is 5.21 Å². The molecule has 0 bridgehead atoms. The van der Waals surface area contributed by atoms with E-state index in [1.54, 1.807) is 0 Å². The van der Waals surface area contributed by atoms with Gasteiger partial charge in [-0.2, -0.15) is 5.48 Å². The van der Waals surface area contributed by atoms with E-state index in [1.807, 2.05) is 18.2 Å². The first-order valence-electron chi connectivity index (χ1n) is 3.67. The van der Waals surface area contributed by atoms with E-state index < -0.39 is 0 Å². The van der Waals surface area contributed by atoms with Crippen LogP contribution in [-0.2, 0) is 5.66 Å². The molecule has 2 N–H and O–H groups in total. The summed E-state index contributed by atoms with van der Waals surface area (Å²) in [5.41, 5.74) is 4.59. The number of hydrogen-bond acceptors (Lipinski definition) is 3. The maximum atomic E-state index is 8.84. The van der Waals surface area contributed by atoms with Crippen molar-refractivity contribution in [3.63, 3.8) is 0 Å². The zero-order chi connectivity index (χ0) is 7.47. The van der Waals surface area contributed by atoms with E-state index in [9.17, 15) is 0 Å². The van der Waals surface area contributed by atoms with Crippen LogP contribution in [0.4, 0.5) is 5.69 Å². The second kappa shape index (κ2) is 1.42. The molecule has 11 heavy (non-hydrogen) atoms. The van der Waals surface area contributed by atoms with Gasteiger partial charge in [0, 0.05) is 11.3 Å². The Morgan fingerprint density at radius 2 is 2.27 bits per heavy atom. The number of benzene rings is 1. The fourth-order valence-electron chi connectivity index (χ4n) is 1.88. The molecular formula is C8H8N2O. The van der Waals surface area contributed by atoms with Gasteiger partial charge in [-0.05, 0) is 6.07 Å². The zero-order valence-electron chi connectivity index (χ0n) is 5.91. The molecule has 1 fully saturated rings. The Kier molecular flexibility index (Phi) is 0.718. The highest BCUT2D eigenvalue weighted by Gasteiger charge is 2.63. The van der Waals surface area contributed by atoms with Crippen molar-refractivity contribution >= 4 is 5.69 Å². The molecule has 0 saturated carbocycles. The average Bonchev–Trinajstić information content (AvgIpc) is 2.71. The summed E-state index contributed by atoms with van der Waals surface area (Å²) < 4.78 is 0. The second-order valence-electron chi connectivity index (χ2n) is 3.08. The van der Waals surface area contributed by atoms with Gasteiger partial charge < -0.3 is 10.1 Å². The van der Waals surface area contributed by atoms with Crippen LogP contribution < -0.4 is 10.4 Å². The smallest absolute Gasteiger partial charge is 0.159 e. The largest absolute Gasteiger partial charge is 0.342 e. The molecule has 1 atom stereocenters. The van der Waals surface area contributed by atoms with Crippen molar-refractivity contribution in [3.05, 3.63) is 29.8 Å². The summed E-state index contributed by atoms with van der Waals surface area (Å²) in [6.07, 6.45) is 0. The van der Waals surface area contributed by atoms with Crippen LogP contribution in [0, 0.1) is 0 Å². The van der Waals surface area contributed by atoms with Crippen LogP contribution in [0.2, 0.25) is 0 Å². The number of anilines is 1. The summed E-state index contributed by atoms with van der Waals surface area (Å²) in [4.78, 5) is 2.13. The number of para-hydroxylation sites is 1. The quantitative estimate of drug-likeness (QED) is 0.453. The van der Waals surface area contributed by atoms with E-state index in [0.717, 1.165) is 6.54 Å². The summed E-state index contributed by atoms with van der Waals surface area (Å²) >= 11 is 0. The lowest BCUT2D eigenvalue weighted by molar-refractivity contribution is 0.111. The molecule has 3 heteroatoms. The molecule has 1 saturated heterocycles. The summed E-state index contributed by atoms with van der Waals surface area (Å²) in [5, 5.41) is 8.84. The molecule has 1 unspecified atom stereocenters. The number of hydrogen-bond donors (Lipinski definition) is 2. The number of fused-ring (bicyclic) bond motifs is 4. The van der Waals surface area contributed by atoms with Crippen molar-refractivity contribution in [1.29, 1.82) is 0 Å². The van der Waals surface area contributed by atoms with E-state index >= 15 is 0 Å². The third-order valence-corrected chi connectivity index (χ3v) is 2.57. The summed E-state index contributed by atoms with van der Waals surface area (Å²) in [5.74, 6) is 0. The summed E-state index contributed by atoms with van der Waals surface area (Å²) in [6, 6.07) is 8.12. The molecule has 2 aliphatic rings. The van der Waals surface area contributed by atoms with Gasteiger partial charge in [-0.3, -0.25) is 0 Å². The predicted molar refractivity (Wildman–Crippen MR) is 40.4 cm³/mol. The fourth-order valence-corrected chi connectivity index (χ4v) is 1.88. The third kappa shape index (κ3) is 0.422. The first-order chi connectivity index (χ1) is 5.38. The molecule has 0 radical (unpaired) electrons. The van der Waals surface area contributed by atoms with Gasteiger partial charge in [0.1, 0.15) is 0 Å². The van der Waals surface area contributed by atoms with Gasteiger partial charge in [0.15, 0.2) is 5.66 Å². The minimum atomic E-state index is -0.198. The monoisotopic (exact) mass is 148 g/mol. The lowest BCUT2D eigenvalue weighted by Gasteiger charge is -2.29. The highest BCUT2D eigenvalue weighted by Crippen LogP contribution is 2.56.